The van der Waals surface area contributed by atoms with Crippen LogP contribution in [0.15, 0.2) is 58.1 Å². The van der Waals surface area contributed by atoms with E-state index in [0.29, 0.717) is 0 Å². The molecule has 0 atom stereocenters. The van der Waals surface area contributed by atoms with Crippen LogP contribution in [0.4, 0.5) is 0 Å². The van der Waals surface area contributed by atoms with Crippen LogP contribution in [0.1, 0.15) is 17.7 Å². The van der Waals surface area contributed by atoms with E-state index in [4.69, 9.17) is 4.42 Å². The minimum atomic E-state index is 0. The molecule has 0 saturated carbocycles. The summed E-state index contributed by atoms with van der Waals surface area (Å²) in [6.07, 6.45) is 4.73. The summed E-state index contributed by atoms with van der Waals surface area (Å²) in [7, 11) is 1.79. The predicted octanol–water partition coefficient (Wildman–Crippen LogP) is 3.24. The Morgan fingerprint density at radius 3 is 2.45 bits per heavy atom. The zero-order valence-corrected chi connectivity index (χ0v) is 15.2. The van der Waals surface area contributed by atoms with Crippen LogP contribution >= 0.6 is 24.0 Å². The van der Waals surface area contributed by atoms with E-state index in [2.05, 4.69) is 39.9 Å². The fourth-order valence-electron chi connectivity index (χ4n) is 2.12. The number of benzene rings is 1. The van der Waals surface area contributed by atoms with Gasteiger partial charge in [0.2, 0.25) is 0 Å². The van der Waals surface area contributed by atoms with Crippen LogP contribution in [0.5, 0.6) is 0 Å². The molecule has 1 aromatic carbocycles. The van der Waals surface area contributed by atoms with Gasteiger partial charge in [-0.15, -0.1) is 24.0 Å². The molecule has 4 nitrogen and oxygen atoms in total. The van der Waals surface area contributed by atoms with Gasteiger partial charge >= 0.3 is 0 Å². The van der Waals surface area contributed by atoms with Gasteiger partial charge in [-0.05, 0) is 30.5 Å². The van der Waals surface area contributed by atoms with Crippen molar-refractivity contribution in [1.29, 1.82) is 0 Å². The molecule has 0 aliphatic rings. The average Bonchev–Trinajstić information content (AvgIpc) is 3.04. The van der Waals surface area contributed by atoms with Crippen LogP contribution in [0.25, 0.3) is 0 Å². The molecule has 2 aromatic rings. The summed E-state index contributed by atoms with van der Waals surface area (Å²) in [4.78, 5) is 4.22. The molecule has 0 fully saturated rings. The first kappa shape index (κ1) is 18.5. The van der Waals surface area contributed by atoms with Gasteiger partial charge in [-0.2, -0.15) is 0 Å². The van der Waals surface area contributed by atoms with Crippen molar-refractivity contribution in [2.24, 2.45) is 4.99 Å². The maximum absolute atomic E-state index is 5.30. The molecule has 0 aliphatic carbocycles. The summed E-state index contributed by atoms with van der Waals surface area (Å²) < 4.78 is 5.30. The molecule has 22 heavy (non-hydrogen) atoms. The first-order valence-corrected chi connectivity index (χ1v) is 7.39. The number of aliphatic imine (C=N–C) groups is 1. The zero-order chi connectivity index (χ0) is 14.8. The first-order chi connectivity index (χ1) is 10.4. The average molecular weight is 413 g/mol. The maximum Gasteiger partial charge on any atom is 0.190 e. The van der Waals surface area contributed by atoms with Crippen LogP contribution in [-0.4, -0.2) is 26.1 Å². The Labute approximate surface area is 149 Å². The number of nitrogens with zero attached hydrogens (tertiary/aromatic N) is 1. The van der Waals surface area contributed by atoms with Gasteiger partial charge in [-0.25, -0.2) is 0 Å². The highest BCUT2D eigenvalue weighted by Gasteiger charge is 1.99. The summed E-state index contributed by atoms with van der Waals surface area (Å²) in [5, 5.41) is 6.61. The molecule has 0 unspecified atom stereocenters. The lowest BCUT2D eigenvalue weighted by Crippen LogP contribution is -2.38. The summed E-state index contributed by atoms with van der Waals surface area (Å²) in [6, 6.07) is 14.4. The Bertz CT molecular complexity index is 526. The molecule has 0 aliphatic heterocycles. The maximum atomic E-state index is 5.30. The standard InChI is InChI=1S/C17H23N3O.HI/c1-18-17(20-13-11-16-10-6-14-21-16)19-12-5-9-15-7-3-2-4-8-15;/h2-4,6-8,10,14H,5,9,11-13H2,1H3,(H2,18,19,20);1H. The van der Waals surface area contributed by atoms with Crippen molar-refractivity contribution in [2.75, 3.05) is 20.1 Å². The number of rotatable bonds is 7. The molecule has 1 aromatic heterocycles. The number of hydrogen-bond acceptors (Lipinski definition) is 2. The SMILES string of the molecule is CN=C(NCCCc1ccccc1)NCCc1ccco1.I. The van der Waals surface area contributed by atoms with E-state index >= 15 is 0 Å². The number of halogens is 1. The first-order valence-electron chi connectivity index (χ1n) is 7.39. The largest absolute Gasteiger partial charge is 0.469 e. The van der Waals surface area contributed by atoms with Crippen molar-refractivity contribution in [1.82, 2.24) is 10.6 Å². The number of furan rings is 1. The number of aryl methyl sites for hydroxylation is 1. The fourth-order valence-corrected chi connectivity index (χ4v) is 2.12. The number of guanidine groups is 1. The zero-order valence-electron chi connectivity index (χ0n) is 12.9. The highest BCUT2D eigenvalue weighted by Crippen LogP contribution is 2.01. The van der Waals surface area contributed by atoms with Gasteiger partial charge in [0.05, 0.1) is 6.26 Å². The molecule has 5 heteroatoms. The van der Waals surface area contributed by atoms with E-state index in [1.807, 2.05) is 18.2 Å². The minimum absolute atomic E-state index is 0. The van der Waals surface area contributed by atoms with Gasteiger partial charge < -0.3 is 15.1 Å². The van der Waals surface area contributed by atoms with E-state index in [9.17, 15) is 0 Å². The van der Waals surface area contributed by atoms with Gasteiger partial charge in [0.1, 0.15) is 5.76 Å². The summed E-state index contributed by atoms with van der Waals surface area (Å²) in [6.45, 7) is 1.72. The molecule has 2 N–H and O–H groups in total. The van der Waals surface area contributed by atoms with E-state index in [1.165, 1.54) is 5.56 Å². The predicted molar refractivity (Wildman–Crippen MR) is 102 cm³/mol. The van der Waals surface area contributed by atoms with Crippen molar-refractivity contribution >= 4 is 29.9 Å². The van der Waals surface area contributed by atoms with Crippen molar-refractivity contribution in [3.05, 3.63) is 60.1 Å². The van der Waals surface area contributed by atoms with Crippen molar-refractivity contribution < 1.29 is 4.42 Å². The van der Waals surface area contributed by atoms with E-state index < -0.39 is 0 Å². The second-order valence-electron chi connectivity index (χ2n) is 4.84. The Kier molecular flexibility index (Phi) is 9.37. The topological polar surface area (TPSA) is 49.6 Å². The Morgan fingerprint density at radius 1 is 1.00 bits per heavy atom. The molecular weight excluding hydrogens is 389 g/mol. The number of nitrogens with one attached hydrogen (secondary N) is 2. The fraction of sp³-hybridized carbons (Fsp3) is 0.353. The van der Waals surface area contributed by atoms with Crippen molar-refractivity contribution in [3.63, 3.8) is 0 Å². The van der Waals surface area contributed by atoms with Crippen LogP contribution < -0.4 is 10.6 Å². The van der Waals surface area contributed by atoms with Gasteiger partial charge in [-0.1, -0.05) is 30.3 Å². The highest BCUT2D eigenvalue weighted by atomic mass is 127. The van der Waals surface area contributed by atoms with Gasteiger partial charge in [0.25, 0.3) is 0 Å². The third-order valence-electron chi connectivity index (χ3n) is 3.25. The van der Waals surface area contributed by atoms with Crippen LogP contribution in [-0.2, 0) is 12.8 Å². The lowest BCUT2D eigenvalue weighted by atomic mass is 10.1. The van der Waals surface area contributed by atoms with Crippen LogP contribution in [0.3, 0.4) is 0 Å². The Balaban J connectivity index is 0.00000242. The van der Waals surface area contributed by atoms with Crippen molar-refractivity contribution in [2.45, 2.75) is 19.3 Å². The second-order valence-corrected chi connectivity index (χ2v) is 4.84. The Hall–Kier alpha value is -1.50. The van der Waals surface area contributed by atoms with Gasteiger partial charge in [0, 0.05) is 26.6 Å². The third-order valence-corrected chi connectivity index (χ3v) is 3.25. The normalized spacial score (nSPS) is 10.9. The third kappa shape index (κ3) is 6.98. The van der Waals surface area contributed by atoms with Crippen LogP contribution in [0.2, 0.25) is 0 Å². The number of hydrogen-bond donors (Lipinski definition) is 2. The quantitative estimate of drug-likeness (QED) is 0.317. The lowest BCUT2D eigenvalue weighted by molar-refractivity contribution is 0.506. The molecule has 0 amide bonds. The summed E-state index contributed by atoms with van der Waals surface area (Å²) >= 11 is 0. The monoisotopic (exact) mass is 413 g/mol. The second kappa shape index (κ2) is 11.1. The van der Waals surface area contributed by atoms with Gasteiger partial charge in [-0.3, -0.25) is 4.99 Å². The van der Waals surface area contributed by atoms with Crippen LogP contribution in [0, 0.1) is 0 Å². The minimum Gasteiger partial charge on any atom is -0.469 e. The molecule has 0 radical (unpaired) electrons. The molecule has 2 rings (SSSR count). The van der Waals surface area contributed by atoms with E-state index in [0.717, 1.165) is 44.1 Å². The molecule has 0 bridgehead atoms. The van der Waals surface area contributed by atoms with E-state index in [1.54, 1.807) is 13.3 Å². The smallest absolute Gasteiger partial charge is 0.190 e. The molecule has 120 valence electrons. The molecule has 0 saturated heterocycles. The molecular formula is C17H24IN3O. The van der Waals surface area contributed by atoms with Gasteiger partial charge in [0.15, 0.2) is 5.96 Å². The highest BCUT2D eigenvalue weighted by molar-refractivity contribution is 14.0. The summed E-state index contributed by atoms with van der Waals surface area (Å²) in [5.74, 6) is 1.83. The van der Waals surface area contributed by atoms with Crippen molar-refractivity contribution in [3.8, 4) is 0 Å². The Morgan fingerprint density at radius 2 is 1.77 bits per heavy atom. The molecule has 0 spiro atoms. The lowest BCUT2D eigenvalue weighted by Gasteiger charge is -2.11. The van der Waals surface area contributed by atoms with E-state index in [-0.39, 0.29) is 24.0 Å². The molecule has 1 heterocycles. The summed E-state index contributed by atoms with van der Waals surface area (Å²) in [5.41, 5.74) is 1.38.